The number of benzene rings is 1. The maximum Gasteiger partial charge on any atom is 0.157 e. The zero-order valence-corrected chi connectivity index (χ0v) is 9.62. The van der Waals surface area contributed by atoms with Gasteiger partial charge in [0.1, 0.15) is 5.82 Å². The Morgan fingerprint density at radius 1 is 1.29 bits per heavy atom. The minimum atomic E-state index is -0.771. The summed E-state index contributed by atoms with van der Waals surface area (Å²) >= 11 is 0. The van der Waals surface area contributed by atoms with E-state index in [0.717, 1.165) is 5.56 Å². The second-order valence-corrected chi connectivity index (χ2v) is 4.49. The van der Waals surface area contributed by atoms with E-state index in [1.165, 1.54) is 12.1 Å². The van der Waals surface area contributed by atoms with Gasteiger partial charge in [0.15, 0.2) is 5.78 Å². The van der Waals surface area contributed by atoms with Crippen LogP contribution < -0.4 is 5.73 Å². The summed E-state index contributed by atoms with van der Waals surface area (Å²) in [7, 11) is 0. The number of ether oxygens (including phenoxy) is 1. The molecule has 1 heterocycles. The van der Waals surface area contributed by atoms with Crippen molar-refractivity contribution in [2.24, 2.45) is 5.73 Å². The standard InChI is InChI=1S/C13H16FNO2/c14-11-3-1-10(2-4-11)9-12(16)13(15)5-7-17-8-6-13/h1-4H,5-9,15H2. The molecule has 0 atom stereocenters. The smallest absolute Gasteiger partial charge is 0.157 e. The zero-order valence-electron chi connectivity index (χ0n) is 9.62. The van der Waals surface area contributed by atoms with E-state index < -0.39 is 5.54 Å². The summed E-state index contributed by atoms with van der Waals surface area (Å²) in [5.74, 6) is -0.290. The molecular weight excluding hydrogens is 221 g/mol. The molecule has 1 aliphatic heterocycles. The van der Waals surface area contributed by atoms with E-state index in [-0.39, 0.29) is 18.0 Å². The highest BCUT2D eigenvalue weighted by Crippen LogP contribution is 2.20. The number of rotatable bonds is 3. The van der Waals surface area contributed by atoms with Gasteiger partial charge in [-0.1, -0.05) is 12.1 Å². The molecular formula is C13H16FNO2. The first kappa shape index (κ1) is 12.2. The zero-order chi connectivity index (χ0) is 12.3. The van der Waals surface area contributed by atoms with E-state index in [4.69, 9.17) is 10.5 Å². The highest BCUT2D eigenvalue weighted by Gasteiger charge is 2.35. The third-order valence-corrected chi connectivity index (χ3v) is 3.22. The predicted molar refractivity (Wildman–Crippen MR) is 62.1 cm³/mol. The topological polar surface area (TPSA) is 52.3 Å². The number of halogens is 1. The molecule has 4 heteroatoms. The molecule has 2 rings (SSSR count). The van der Waals surface area contributed by atoms with Gasteiger partial charge in [0.05, 0.1) is 5.54 Å². The van der Waals surface area contributed by atoms with Crippen molar-refractivity contribution in [2.45, 2.75) is 24.8 Å². The quantitative estimate of drug-likeness (QED) is 0.865. The monoisotopic (exact) mass is 237 g/mol. The van der Waals surface area contributed by atoms with Gasteiger partial charge in [-0.15, -0.1) is 0 Å². The lowest BCUT2D eigenvalue weighted by Gasteiger charge is -2.31. The Hall–Kier alpha value is -1.26. The maximum atomic E-state index is 12.7. The van der Waals surface area contributed by atoms with Crippen molar-refractivity contribution in [1.29, 1.82) is 0 Å². The van der Waals surface area contributed by atoms with Crippen LogP contribution in [0, 0.1) is 5.82 Å². The minimum absolute atomic E-state index is 0.00686. The third kappa shape index (κ3) is 2.90. The molecule has 1 aromatic rings. The van der Waals surface area contributed by atoms with Crippen molar-refractivity contribution < 1.29 is 13.9 Å². The van der Waals surface area contributed by atoms with Gasteiger partial charge in [0.25, 0.3) is 0 Å². The fourth-order valence-corrected chi connectivity index (χ4v) is 1.98. The lowest BCUT2D eigenvalue weighted by molar-refractivity contribution is -0.126. The van der Waals surface area contributed by atoms with Crippen molar-refractivity contribution in [1.82, 2.24) is 0 Å². The number of Topliss-reactive ketones (excluding diaryl/α,β-unsaturated/α-hetero) is 1. The summed E-state index contributed by atoms with van der Waals surface area (Å²) in [5.41, 5.74) is 6.10. The van der Waals surface area contributed by atoms with Gasteiger partial charge >= 0.3 is 0 Å². The third-order valence-electron chi connectivity index (χ3n) is 3.22. The lowest BCUT2D eigenvalue weighted by atomic mass is 9.84. The van der Waals surface area contributed by atoms with Crippen LogP contribution in [-0.4, -0.2) is 24.5 Å². The van der Waals surface area contributed by atoms with E-state index in [0.29, 0.717) is 26.1 Å². The number of carbonyl (C=O) groups excluding carboxylic acids is 1. The summed E-state index contributed by atoms with van der Waals surface area (Å²) in [5, 5.41) is 0. The van der Waals surface area contributed by atoms with Gasteiger partial charge in [0.2, 0.25) is 0 Å². The summed E-state index contributed by atoms with van der Waals surface area (Å²) in [4.78, 5) is 12.1. The fraction of sp³-hybridized carbons (Fsp3) is 0.462. The van der Waals surface area contributed by atoms with Gasteiger partial charge < -0.3 is 10.5 Å². The van der Waals surface area contributed by atoms with Gasteiger partial charge in [-0.3, -0.25) is 4.79 Å². The maximum absolute atomic E-state index is 12.7. The molecule has 0 aromatic heterocycles. The van der Waals surface area contributed by atoms with Crippen LogP contribution in [0.5, 0.6) is 0 Å². The summed E-state index contributed by atoms with van der Waals surface area (Å²) < 4.78 is 17.9. The van der Waals surface area contributed by atoms with Crippen molar-refractivity contribution in [2.75, 3.05) is 13.2 Å². The molecule has 0 saturated carbocycles. The molecule has 1 saturated heterocycles. The van der Waals surface area contributed by atoms with E-state index in [1.807, 2.05) is 0 Å². The molecule has 3 nitrogen and oxygen atoms in total. The van der Waals surface area contributed by atoms with Crippen molar-refractivity contribution in [3.05, 3.63) is 35.6 Å². The Morgan fingerprint density at radius 3 is 2.47 bits per heavy atom. The van der Waals surface area contributed by atoms with Crippen LogP contribution in [0.15, 0.2) is 24.3 Å². The van der Waals surface area contributed by atoms with Crippen molar-refractivity contribution in [3.8, 4) is 0 Å². The van der Waals surface area contributed by atoms with Gasteiger partial charge in [-0.25, -0.2) is 4.39 Å². The van der Waals surface area contributed by atoms with Crippen LogP contribution in [-0.2, 0) is 16.0 Å². The van der Waals surface area contributed by atoms with Crippen LogP contribution in [0.4, 0.5) is 4.39 Å². The average Bonchev–Trinajstić information content (AvgIpc) is 2.33. The molecule has 0 amide bonds. The van der Waals surface area contributed by atoms with E-state index in [2.05, 4.69) is 0 Å². The molecule has 0 radical (unpaired) electrons. The van der Waals surface area contributed by atoms with Gasteiger partial charge in [0, 0.05) is 19.6 Å². The molecule has 17 heavy (non-hydrogen) atoms. The van der Waals surface area contributed by atoms with Crippen LogP contribution in [0.1, 0.15) is 18.4 Å². The minimum Gasteiger partial charge on any atom is -0.381 e. The molecule has 1 aliphatic rings. The number of nitrogens with two attached hydrogens (primary N) is 1. The Labute approximate surface area is 99.8 Å². The summed E-state index contributed by atoms with van der Waals surface area (Å²) in [6.07, 6.45) is 1.39. The van der Waals surface area contributed by atoms with E-state index in [1.54, 1.807) is 12.1 Å². The average molecular weight is 237 g/mol. The number of hydrogen-bond donors (Lipinski definition) is 1. The highest BCUT2D eigenvalue weighted by molar-refractivity contribution is 5.90. The van der Waals surface area contributed by atoms with E-state index >= 15 is 0 Å². The largest absolute Gasteiger partial charge is 0.381 e. The Morgan fingerprint density at radius 2 is 1.88 bits per heavy atom. The molecule has 0 spiro atoms. The second kappa shape index (κ2) is 4.94. The molecule has 0 bridgehead atoms. The lowest BCUT2D eigenvalue weighted by Crippen LogP contribution is -2.52. The van der Waals surface area contributed by atoms with Crippen LogP contribution in [0.25, 0.3) is 0 Å². The van der Waals surface area contributed by atoms with Crippen LogP contribution in [0.3, 0.4) is 0 Å². The highest BCUT2D eigenvalue weighted by atomic mass is 19.1. The Balaban J connectivity index is 2.03. The first-order valence-corrected chi connectivity index (χ1v) is 5.74. The molecule has 0 aliphatic carbocycles. The van der Waals surface area contributed by atoms with Crippen molar-refractivity contribution >= 4 is 5.78 Å². The molecule has 0 unspecified atom stereocenters. The number of hydrogen-bond acceptors (Lipinski definition) is 3. The van der Waals surface area contributed by atoms with Gasteiger partial charge in [-0.2, -0.15) is 0 Å². The summed E-state index contributed by atoms with van der Waals surface area (Å²) in [6, 6.07) is 5.96. The SMILES string of the molecule is NC1(C(=O)Cc2ccc(F)cc2)CCOCC1. The predicted octanol–water partition coefficient (Wildman–Crippen LogP) is 1.45. The second-order valence-electron chi connectivity index (χ2n) is 4.49. The molecule has 92 valence electrons. The van der Waals surface area contributed by atoms with E-state index in [9.17, 15) is 9.18 Å². The molecule has 2 N–H and O–H groups in total. The Kier molecular flexibility index (Phi) is 3.54. The van der Waals surface area contributed by atoms with Crippen molar-refractivity contribution in [3.63, 3.8) is 0 Å². The van der Waals surface area contributed by atoms with Crippen LogP contribution in [0.2, 0.25) is 0 Å². The molecule has 1 fully saturated rings. The first-order chi connectivity index (χ1) is 8.10. The van der Waals surface area contributed by atoms with Gasteiger partial charge in [-0.05, 0) is 30.5 Å². The fourth-order valence-electron chi connectivity index (χ4n) is 1.98. The molecule has 1 aromatic carbocycles. The Bertz CT molecular complexity index is 396. The number of ketones is 1. The van der Waals surface area contributed by atoms with Crippen LogP contribution >= 0.6 is 0 Å². The normalized spacial score (nSPS) is 18.9. The summed E-state index contributed by atoms with van der Waals surface area (Å²) in [6.45, 7) is 1.07. The first-order valence-electron chi connectivity index (χ1n) is 5.74. The number of carbonyl (C=O) groups is 1.